The van der Waals surface area contributed by atoms with Crippen molar-refractivity contribution in [1.29, 1.82) is 0 Å². The molecule has 0 spiro atoms. The highest BCUT2D eigenvalue weighted by Gasteiger charge is 2.30. The molecule has 1 aliphatic carbocycles. The van der Waals surface area contributed by atoms with Gasteiger partial charge < -0.3 is 5.32 Å². The number of carbonyl (C=O) groups excluding carboxylic acids is 2. The second kappa shape index (κ2) is 8.35. The number of urea groups is 1. The van der Waals surface area contributed by atoms with Crippen molar-refractivity contribution in [3.8, 4) is 0 Å². The fourth-order valence-electron chi connectivity index (χ4n) is 4.15. The molecule has 0 unspecified atom stereocenters. The lowest BCUT2D eigenvalue weighted by Crippen LogP contribution is -2.47. The summed E-state index contributed by atoms with van der Waals surface area (Å²) < 4.78 is 1.18. The molecule has 144 valence electrons. The first kappa shape index (κ1) is 18.4. The molecule has 6 nitrogen and oxygen atoms in total. The Labute approximate surface area is 163 Å². The molecule has 1 saturated carbocycles. The lowest BCUT2D eigenvalue weighted by molar-refractivity contribution is -0.121. The smallest absolute Gasteiger partial charge is 0.321 e. The summed E-state index contributed by atoms with van der Waals surface area (Å²) in [6.07, 6.45) is 7.60. The third-order valence-electron chi connectivity index (χ3n) is 5.50. The summed E-state index contributed by atoms with van der Waals surface area (Å²) in [5.74, 6) is -0.240. The molecular weight excluding hydrogens is 360 g/mol. The quantitative estimate of drug-likeness (QED) is 0.842. The Morgan fingerprint density at radius 3 is 2.74 bits per heavy atom. The van der Waals surface area contributed by atoms with Crippen molar-refractivity contribution in [2.75, 3.05) is 13.1 Å². The van der Waals surface area contributed by atoms with Gasteiger partial charge in [-0.1, -0.05) is 31.4 Å². The molecule has 1 atom stereocenters. The maximum Gasteiger partial charge on any atom is 0.321 e. The average molecular weight is 387 g/mol. The zero-order valence-electron chi connectivity index (χ0n) is 15.4. The summed E-state index contributed by atoms with van der Waals surface area (Å²) in [4.78, 5) is 31.4. The van der Waals surface area contributed by atoms with Gasteiger partial charge in [-0.25, -0.2) is 9.78 Å². The van der Waals surface area contributed by atoms with E-state index in [0.717, 1.165) is 55.6 Å². The zero-order chi connectivity index (χ0) is 18.6. The second-order valence-electron chi connectivity index (χ2n) is 7.50. The molecule has 1 aromatic carbocycles. The molecule has 7 heteroatoms. The molecule has 1 aliphatic heterocycles. The minimum atomic E-state index is -0.359. The number of hydrogen-bond acceptors (Lipinski definition) is 5. The van der Waals surface area contributed by atoms with Crippen LogP contribution in [0.2, 0.25) is 0 Å². The van der Waals surface area contributed by atoms with Crippen LogP contribution >= 0.6 is 11.3 Å². The van der Waals surface area contributed by atoms with Gasteiger partial charge in [0, 0.05) is 6.04 Å². The van der Waals surface area contributed by atoms with E-state index in [1.54, 1.807) is 11.3 Å². The number of hydrogen-bond donors (Lipinski definition) is 2. The van der Waals surface area contributed by atoms with Gasteiger partial charge in [-0.2, -0.15) is 0 Å². The van der Waals surface area contributed by atoms with Crippen LogP contribution in [0.1, 0.15) is 56.0 Å². The summed E-state index contributed by atoms with van der Waals surface area (Å²) in [7, 11) is 0. The van der Waals surface area contributed by atoms with E-state index in [1.807, 2.05) is 18.2 Å². The first-order chi connectivity index (χ1) is 13.2. The lowest BCUT2D eigenvalue weighted by Gasteiger charge is -2.24. The van der Waals surface area contributed by atoms with Crippen LogP contribution in [-0.4, -0.2) is 41.0 Å². The van der Waals surface area contributed by atoms with Crippen molar-refractivity contribution in [3.63, 3.8) is 0 Å². The topological polar surface area (TPSA) is 74.3 Å². The molecule has 4 rings (SSSR count). The van der Waals surface area contributed by atoms with Crippen molar-refractivity contribution in [1.82, 2.24) is 20.5 Å². The van der Waals surface area contributed by atoms with E-state index >= 15 is 0 Å². The summed E-state index contributed by atoms with van der Waals surface area (Å²) in [6, 6.07) is 8.13. The maximum absolute atomic E-state index is 12.4. The fourth-order valence-corrected chi connectivity index (χ4v) is 5.28. The molecule has 3 amide bonds. The van der Waals surface area contributed by atoms with Crippen molar-refractivity contribution in [3.05, 3.63) is 29.3 Å². The fraction of sp³-hybridized carbons (Fsp3) is 0.550. The minimum Gasteiger partial charge on any atom is -0.335 e. The summed E-state index contributed by atoms with van der Waals surface area (Å²) in [5.41, 5.74) is 1.01. The van der Waals surface area contributed by atoms with Gasteiger partial charge in [0.2, 0.25) is 5.91 Å². The number of nitrogens with zero attached hydrogens (tertiary/aromatic N) is 2. The van der Waals surface area contributed by atoms with Gasteiger partial charge in [-0.15, -0.1) is 11.3 Å². The Kier molecular flexibility index (Phi) is 5.69. The summed E-state index contributed by atoms with van der Waals surface area (Å²) in [6.45, 7) is 1.09. The highest BCUT2D eigenvalue weighted by atomic mass is 32.1. The number of imide groups is 1. The van der Waals surface area contributed by atoms with E-state index in [4.69, 9.17) is 4.98 Å². The summed E-state index contributed by atoms with van der Waals surface area (Å²) >= 11 is 1.70. The molecule has 2 aromatic rings. The average Bonchev–Trinajstić information content (AvgIpc) is 3.28. The van der Waals surface area contributed by atoms with Gasteiger partial charge in [0.1, 0.15) is 5.01 Å². The SMILES string of the molecule is O=C(CN1CCC[C@@H]1c1nc2ccccc2s1)NC(=O)NC1CCCCC1. The number of rotatable bonds is 4. The van der Waals surface area contributed by atoms with E-state index in [2.05, 4.69) is 21.6 Å². The highest BCUT2D eigenvalue weighted by molar-refractivity contribution is 7.18. The van der Waals surface area contributed by atoms with Gasteiger partial charge in [-0.05, 0) is 44.4 Å². The Morgan fingerprint density at radius 2 is 1.93 bits per heavy atom. The largest absolute Gasteiger partial charge is 0.335 e. The van der Waals surface area contributed by atoms with Crippen molar-refractivity contribution in [2.24, 2.45) is 0 Å². The number of amides is 3. The van der Waals surface area contributed by atoms with Gasteiger partial charge in [0.15, 0.2) is 0 Å². The third-order valence-corrected chi connectivity index (χ3v) is 6.64. The van der Waals surface area contributed by atoms with Crippen molar-refractivity contribution < 1.29 is 9.59 Å². The van der Waals surface area contributed by atoms with E-state index < -0.39 is 0 Å². The van der Waals surface area contributed by atoms with Gasteiger partial charge in [-0.3, -0.25) is 15.0 Å². The molecule has 27 heavy (non-hydrogen) atoms. The van der Waals surface area contributed by atoms with Crippen LogP contribution in [0.5, 0.6) is 0 Å². The molecule has 0 bridgehead atoms. The molecule has 2 heterocycles. The lowest BCUT2D eigenvalue weighted by atomic mass is 9.96. The highest BCUT2D eigenvalue weighted by Crippen LogP contribution is 2.36. The van der Waals surface area contributed by atoms with Crippen molar-refractivity contribution in [2.45, 2.75) is 57.0 Å². The molecule has 2 fully saturated rings. The van der Waals surface area contributed by atoms with Crippen molar-refractivity contribution >= 4 is 33.5 Å². The van der Waals surface area contributed by atoms with Gasteiger partial charge in [0.05, 0.1) is 22.8 Å². The number of benzene rings is 1. The number of nitrogens with one attached hydrogen (secondary N) is 2. The van der Waals surface area contributed by atoms with Gasteiger partial charge in [0.25, 0.3) is 0 Å². The minimum absolute atomic E-state index is 0.162. The predicted octanol–water partition coefficient (Wildman–Crippen LogP) is 3.59. The van der Waals surface area contributed by atoms with Crippen LogP contribution < -0.4 is 10.6 Å². The van der Waals surface area contributed by atoms with Gasteiger partial charge >= 0.3 is 6.03 Å². The monoisotopic (exact) mass is 386 g/mol. The Hall–Kier alpha value is -1.99. The number of fused-ring (bicyclic) bond motifs is 1. The molecule has 0 radical (unpaired) electrons. The predicted molar refractivity (Wildman–Crippen MR) is 107 cm³/mol. The summed E-state index contributed by atoms with van der Waals surface area (Å²) in [5, 5.41) is 6.50. The number of likely N-dealkylation sites (tertiary alicyclic amines) is 1. The van der Waals surface area contributed by atoms with Crippen LogP contribution in [-0.2, 0) is 4.79 Å². The van der Waals surface area contributed by atoms with Crippen LogP contribution in [0.4, 0.5) is 4.79 Å². The standard InChI is InChI=1S/C20H26N4O2S/c25-18(23-20(26)21-14-7-2-1-3-8-14)13-24-12-6-10-16(24)19-22-15-9-4-5-11-17(15)27-19/h4-5,9,11,14,16H,1-3,6-8,10,12-13H2,(H2,21,23,25,26)/t16-/m1/s1. The number of aromatic nitrogens is 1. The molecule has 1 saturated heterocycles. The second-order valence-corrected chi connectivity index (χ2v) is 8.57. The van der Waals surface area contributed by atoms with Crippen LogP contribution in [0.3, 0.4) is 0 Å². The van der Waals surface area contributed by atoms with Crippen LogP contribution in [0.15, 0.2) is 24.3 Å². The Bertz CT molecular complexity index is 782. The molecule has 2 aliphatic rings. The van der Waals surface area contributed by atoms with E-state index in [1.165, 1.54) is 11.1 Å². The van der Waals surface area contributed by atoms with Crippen LogP contribution in [0.25, 0.3) is 10.2 Å². The number of thiazole rings is 1. The Balaban J connectivity index is 1.33. The number of para-hydroxylation sites is 1. The molecular formula is C20H26N4O2S. The molecule has 2 N–H and O–H groups in total. The van der Waals surface area contributed by atoms with E-state index in [-0.39, 0.29) is 30.6 Å². The van der Waals surface area contributed by atoms with E-state index in [0.29, 0.717) is 0 Å². The first-order valence-electron chi connectivity index (χ1n) is 9.89. The number of carbonyl (C=O) groups is 2. The van der Waals surface area contributed by atoms with Crippen LogP contribution in [0, 0.1) is 0 Å². The third kappa shape index (κ3) is 4.47. The molecule has 1 aromatic heterocycles. The zero-order valence-corrected chi connectivity index (χ0v) is 16.3. The maximum atomic E-state index is 12.4. The van der Waals surface area contributed by atoms with E-state index in [9.17, 15) is 9.59 Å². The normalized spacial score (nSPS) is 21.4. The Morgan fingerprint density at radius 1 is 1.11 bits per heavy atom. The first-order valence-corrected chi connectivity index (χ1v) is 10.7.